The molecule has 18 heavy (non-hydrogen) atoms. The smallest absolute Gasteiger partial charge is 0.222 e. The molecular weight excluding hydrogens is 228 g/mol. The van der Waals surface area contributed by atoms with E-state index in [1.807, 2.05) is 0 Å². The normalized spacial score (nSPS) is 11.6. The molecule has 0 amide bonds. The number of unbranched alkanes of at least 4 members (excludes halogenated alkanes) is 1. The van der Waals surface area contributed by atoms with E-state index in [9.17, 15) is 0 Å². The highest BCUT2D eigenvalue weighted by Gasteiger charge is 2.00. The number of hydrogen-bond donors (Lipinski definition) is 2. The number of nitrogens with one attached hydrogen (secondary N) is 2. The first-order valence-electron chi connectivity index (χ1n) is 6.61. The average Bonchev–Trinajstić information content (AvgIpc) is 2.35. The largest absolute Gasteiger partial charge is 0.231 e. The van der Waals surface area contributed by atoms with Crippen molar-refractivity contribution in [1.29, 1.82) is 10.8 Å². The predicted molar refractivity (Wildman–Crippen MR) is 74.2 cm³/mol. The molecule has 0 bridgehead atoms. The first kappa shape index (κ1) is 22.0. The summed E-state index contributed by atoms with van der Waals surface area (Å²) in [6, 6.07) is 0. The maximum absolute atomic E-state index is 8.35. The summed E-state index contributed by atoms with van der Waals surface area (Å²) in [5.74, 6) is 1.89. The van der Waals surface area contributed by atoms with E-state index in [1.54, 1.807) is 0 Å². The summed E-state index contributed by atoms with van der Waals surface area (Å²) in [7, 11) is 0. The van der Waals surface area contributed by atoms with E-state index in [4.69, 9.17) is 20.4 Å². The van der Waals surface area contributed by atoms with Gasteiger partial charge >= 0.3 is 0 Å². The summed E-state index contributed by atoms with van der Waals surface area (Å²) in [5.41, 5.74) is 0. The van der Waals surface area contributed by atoms with Gasteiger partial charge in [-0.05, 0) is 11.8 Å². The van der Waals surface area contributed by atoms with E-state index >= 15 is 0 Å². The van der Waals surface area contributed by atoms with Gasteiger partial charge in [0.2, 0.25) is 12.2 Å². The fourth-order valence-corrected chi connectivity index (χ4v) is 1.39. The van der Waals surface area contributed by atoms with Gasteiger partial charge in [0.05, 0.1) is 0 Å². The van der Waals surface area contributed by atoms with Crippen LogP contribution < -0.4 is 0 Å². The van der Waals surface area contributed by atoms with Gasteiger partial charge in [-0.2, -0.15) is 0 Å². The van der Waals surface area contributed by atoms with Crippen molar-refractivity contribution in [2.75, 3.05) is 0 Å². The molecule has 2 atom stereocenters. The Balaban J connectivity index is -0.000000315. The van der Waals surface area contributed by atoms with Gasteiger partial charge in [-0.1, -0.05) is 66.2 Å². The second-order valence-corrected chi connectivity index (χ2v) is 4.52. The quantitative estimate of drug-likeness (QED) is 0.401. The highest BCUT2D eigenvalue weighted by Crippen LogP contribution is 2.16. The molecule has 0 aliphatic carbocycles. The van der Waals surface area contributed by atoms with E-state index in [-0.39, 0.29) is 0 Å². The second-order valence-electron chi connectivity index (χ2n) is 4.52. The zero-order chi connectivity index (χ0) is 14.8. The molecule has 2 N–H and O–H groups in total. The van der Waals surface area contributed by atoms with Crippen molar-refractivity contribution in [3.8, 4) is 0 Å². The van der Waals surface area contributed by atoms with Crippen LogP contribution >= 0.6 is 0 Å². The van der Waals surface area contributed by atoms with Crippen molar-refractivity contribution < 1.29 is 9.59 Å². The molecule has 4 nitrogen and oxygen atoms in total. The van der Waals surface area contributed by atoms with Crippen LogP contribution in [0.15, 0.2) is 0 Å². The Morgan fingerprint density at radius 1 is 0.833 bits per heavy atom. The van der Waals surface area contributed by atoms with Crippen LogP contribution in [0.5, 0.6) is 0 Å². The Kier molecular flexibility index (Phi) is 25.8. The van der Waals surface area contributed by atoms with Crippen molar-refractivity contribution in [3.05, 3.63) is 0 Å². The maximum Gasteiger partial charge on any atom is 0.231 e. The lowest BCUT2D eigenvalue weighted by Crippen LogP contribution is -1.95. The SMILES string of the molecule is CCC(C)CCCCC(C)CC.N=C=O.N=C=O. The molecule has 0 aliphatic rings. The zero-order valence-corrected chi connectivity index (χ0v) is 12.2. The number of hydrogen-bond acceptors (Lipinski definition) is 4. The third kappa shape index (κ3) is 29.3. The van der Waals surface area contributed by atoms with Crippen molar-refractivity contribution in [2.45, 2.75) is 66.2 Å². The molecule has 0 saturated carbocycles. The summed E-state index contributed by atoms with van der Waals surface area (Å²) in [4.78, 5) is 16.7. The zero-order valence-electron chi connectivity index (χ0n) is 12.2. The monoisotopic (exact) mass is 256 g/mol. The minimum atomic E-state index is 0.750. The molecule has 0 aliphatic heterocycles. The Bertz CT molecular complexity index is 194. The summed E-state index contributed by atoms with van der Waals surface area (Å²) >= 11 is 0. The molecule has 0 radical (unpaired) electrons. The first-order valence-corrected chi connectivity index (χ1v) is 6.61. The minimum absolute atomic E-state index is 0.750. The standard InChI is InChI=1S/C12H26.2CHNO/c1-5-11(3)9-7-8-10-12(4)6-2;2*2-1-3/h11-12H,5-10H2,1-4H3;2*2H. The topological polar surface area (TPSA) is 81.8 Å². The van der Waals surface area contributed by atoms with Gasteiger partial charge in [0, 0.05) is 0 Å². The fraction of sp³-hybridized carbons (Fsp3) is 0.857. The lowest BCUT2D eigenvalue weighted by Gasteiger charge is -2.10. The summed E-state index contributed by atoms with van der Waals surface area (Å²) in [6.45, 7) is 9.31. The Hall–Kier alpha value is -1.24. The van der Waals surface area contributed by atoms with Crippen LogP contribution in [0.1, 0.15) is 66.2 Å². The van der Waals surface area contributed by atoms with Crippen LogP contribution in [-0.4, -0.2) is 12.2 Å². The van der Waals surface area contributed by atoms with Gasteiger partial charge in [0.25, 0.3) is 0 Å². The molecule has 0 saturated heterocycles. The van der Waals surface area contributed by atoms with Crippen LogP contribution in [0, 0.1) is 22.7 Å². The summed E-state index contributed by atoms with van der Waals surface area (Å²) in [6.07, 6.45) is 9.96. The van der Waals surface area contributed by atoms with E-state index < -0.39 is 0 Å². The van der Waals surface area contributed by atoms with Crippen molar-refractivity contribution in [1.82, 2.24) is 0 Å². The molecule has 4 heteroatoms. The third-order valence-electron chi connectivity index (χ3n) is 3.04. The summed E-state index contributed by atoms with van der Waals surface area (Å²) in [5, 5.41) is 10.8. The fourth-order valence-electron chi connectivity index (χ4n) is 1.39. The van der Waals surface area contributed by atoms with Gasteiger partial charge in [0.1, 0.15) is 0 Å². The van der Waals surface area contributed by atoms with Crippen LogP contribution in [0.3, 0.4) is 0 Å². The number of isocyanates is 2. The molecule has 106 valence electrons. The Labute approximate surface area is 111 Å². The van der Waals surface area contributed by atoms with Crippen molar-refractivity contribution in [2.24, 2.45) is 11.8 Å². The average molecular weight is 256 g/mol. The van der Waals surface area contributed by atoms with Crippen molar-refractivity contribution >= 4 is 12.2 Å². The van der Waals surface area contributed by atoms with Crippen LogP contribution in [0.25, 0.3) is 0 Å². The summed E-state index contributed by atoms with van der Waals surface area (Å²) < 4.78 is 0. The lowest BCUT2D eigenvalue weighted by atomic mass is 9.97. The predicted octanol–water partition coefficient (Wildman–Crippen LogP) is 4.44. The second kappa shape index (κ2) is 21.1. The van der Waals surface area contributed by atoms with E-state index in [1.165, 1.54) is 38.5 Å². The maximum atomic E-state index is 8.35. The van der Waals surface area contributed by atoms with E-state index in [2.05, 4.69) is 27.7 Å². The van der Waals surface area contributed by atoms with Gasteiger partial charge in [0.15, 0.2) is 0 Å². The van der Waals surface area contributed by atoms with Gasteiger partial charge in [-0.15, -0.1) is 0 Å². The molecule has 0 spiro atoms. The number of rotatable bonds is 7. The van der Waals surface area contributed by atoms with E-state index in [0.29, 0.717) is 0 Å². The Morgan fingerprint density at radius 3 is 1.22 bits per heavy atom. The van der Waals surface area contributed by atoms with Gasteiger partial charge < -0.3 is 0 Å². The van der Waals surface area contributed by atoms with Gasteiger partial charge in [-0.25, -0.2) is 20.4 Å². The van der Waals surface area contributed by atoms with Crippen molar-refractivity contribution in [3.63, 3.8) is 0 Å². The van der Waals surface area contributed by atoms with E-state index in [0.717, 1.165) is 24.0 Å². The molecular formula is C14H28N2O2. The molecule has 0 aromatic heterocycles. The lowest BCUT2D eigenvalue weighted by molar-refractivity contribution is 0.436. The van der Waals surface area contributed by atoms with Crippen LogP contribution in [0.2, 0.25) is 0 Å². The highest BCUT2D eigenvalue weighted by atomic mass is 16.1. The van der Waals surface area contributed by atoms with Crippen LogP contribution in [0.4, 0.5) is 0 Å². The Morgan fingerprint density at radius 2 is 1.06 bits per heavy atom. The van der Waals surface area contributed by atoms with Gasteiger partial charge in [-0.3, -0.25) is 0 Å². The molecule has 0 fully saturated rings. The van der Waals surface area contributed by atoms with Crippen LogP contribution in [-0.2, 0) is 9.59 Å². The molecule has 0 aromatic rings. The third-order valence-corrected chi connectivity index (χ3v) is 3.04. The highest BCUT2D eigenvalue weighted by molar-refractivity contribution is 5.26. The molecule has 0 aromatic carbocycles. The first-order chi connectivity index (χ1) is 8.53. The minimum Gasteiger partial charge on any atom is -0.222 e. The molecule has 0 heterocycles. The number of carbonyl (C=O) groups excluding carboxylic acids is 2. The molecule has 0 rings (SSSR count). The molecule has 2 unspecified atom stereocenters.